The second-order valence-corrected chi connectivity index (χ2v) is 3.17. The molecular formula is C8H12ClNO4. The van der Waals surface area contributed by atoms with Crippen LogP contribution in [-0.2, 0) is 14.3 Å². The largest absolute Gasteiger partial charge is 0.466 e. The number of nitrogens with one attached hydrogen (secondary N) is 1. The van der Waals surface area contributed by atoms with Crippen molar-refractivity contribution in [1.82, 2.24) is 5.32 Å². The molecule has 0 unspecified atom stereocenters. The third kappa shape index (κ3) is 2.77. The number of esters is 1. The van der Waals surface area contributed by atoms with E-state index >= 15 is 0 Å². The van der Waals surface area contributed by atoms with Crippen LogP contribution in [0.15, 0.2) is 0 Å². The summed E-state index contributed by atoms with van der Waals surface area (Å²) in [6.07, 6.45) is -0.893. The molecule has 1 aliphatic heterocycles. The van der Waals surface area contributed by atoms with Crippen LogP contribution in [0.25, 0.3) is 0 Å². The smallest absolute Gasteiger partial charge is 0.407 e. The van der Waals surface area contributed by atoms with Gasteiger partial charge in [-0.05, 0) is 6.92 Å². The fraction of sp³-hybridized carbons (Fsp3) is 0.750. The van der Waals surface area contributed by atoms with E-state index in [0.29, 0.717) is 6.61 Å². The molecule has 5 nitrogen and oxygen atoms in total. The molecule has 1 N–H and O–H groups in total. The van der Waals surface area contributed by atoms with E-state index in [4.69, 9.17) is 21.1 Å². The molecular weight excluding hydrogens is 210 g/mol. The molecule has 0 spiro atoms. The van der Waals surface area contributed by atoms with Gasteiger partial charge in [-0.15, -0.1) is 11.6 Å². The predicted octanol–water partition coefficient (Wildman–Crippen LogP) is 0.655. The molecule has 0 bridgehead atoms. The number of carbonyl (C=O) groups excluding carboxylic acids is 2. The van der Waals surface area contributed by atoms with Crippen LogP contribution in [0.4, 0.5) is 4.79 Å². The van der Waals surface area contributed by atoms with Crippen molar-refractivity contribution in [3.05, 3.63) is 0 Å². The number of amides is 1. The molecule has 1 aliphatic rings. The highest BCUT2D eigenvalue weighted by atomic mass is 35.5. The Hall–Kier alpha value is -0.970. The molecule has 1 fully saturated rings. The zero-order valence-corrected chi connectivity index (χ0v) is 8.54. The van der Waals surface area contributed by atoms with Gasteiger partial charge in [-0.3, -0.25) is 4.79 Å². The highest BCUT2D eigenvalue weighted by Crippen LogP contribution is 2.13. The lowest BCUT2D eigenvalue weighted by Gasteiger charge is -2.12. The van der Waals surface area contributed by atoms with E-state index in [0.717, 1.165) is 0 Å². The van der Waals surface area contributed by atoms with Crippen molar-refractivity contribution in [3.8, 4) is 0 Å². The van der Waals surface area contributed by atoms with E-state index in [1.54, 1.807) is 6.92 Å². The number of alkyl carbamates (subject to hydrolysis) is 1. The summed E-state index contributed by atoms with van der Waals surface area (Å²) in [6, 6.07) is -0.376. The zero-order valence-electron chi connectivity index (χ0n) is 7.79. The predicted molar refractivity (Wildman–Crippen MR) is 49.2 cm³/mol. The van der Waals surface area contributed by atoms with Gasteiger partial charge in [0.2, 0.25) is 0 Å². The summed E-state index contributed by atoms with van der Waals surface area (Å²) in [5.74, 6) is -0.193. The van der Waals surface area contributed by atoms with Crippen molar-refractivity contribution in [3.63, 3.8) is 0 Å². The van der Waals surface area contributed by atoms with Gasteiger partial charge in [0.15, 0.2) is 0 Å². The number of hydrogen-bond acceptors (Lipinski definition) is 4. The molecule has 6 heteroatoms. The minimum absolute atomic E-state index is 0.0942. The molecule has 1 rings (SSSR count). The topological polar surface area (TPSA) is 64.6 Å². The lowest BCUT2D eigenvalue weighted by Crippen LogP contribution is -2.35. The summed E-state index contributed by atoms with van der Waals surface area (Å²) < 4.78 is 9.56. The summed E-state index contributed by atoms with van der Waals surface area (Å²) in [6.45, 7) is 2.05. The lowest BCUT2D eigenvalue weighted by molar-refractivity contribution is -0.143. The van der Waals surface area contributed by atoms with Crippen LogP contribution in [-0.4, -0.2) is 36.7 Å². The Labute approximate surface area is 86.7 Å². The van der Waals surface area contributed by atoms with Crippen LogP contribution in [0.3, 0.4) is 0 Å². The van der Waals surface area contributed by atoms with E-state index in [-0.39, 0.29) is 24.3 Å². The van der Waals surface area contributed by atoms with E-state index in [1.165, 1.54) is 0 Å². The average molecular weight is 222 g/mol. The number of halogens is 1. The Morgan fingerprint density at radius 3 is 3.00 bits per heavy atom. The molecule has 1 amide bonds. The van der Waals surface area contributed by atoms with Gasteiger partial charge in [0.25, 0.3) is 0 Å². The third-order valence-corrected chi connectivity index (χ3v) is 2.16. The molecule has 1 saturated heterocycles. The van der Waals surface area contributed by atoms with Gasteiger partial charge in [0.05, 0.1) is 24.9 Å². The van der Waals surface area contributed by atoms with Crippen LogP contribution in [0.2, 0.25) is 0 Å². The van der Waals surface area contributed by atoms with Crippen molar-refractivity contribution in [2.75, 3.05) is 12.5 Å². The molecule has 80 valence electrons. The van der Waals surface area contributed by atoms with Crippen LogP contribution < -0.4 is 5.32 Å². The molecule has 0 radical (unpaired) electrons. The normalized spacial score (nSPS) is 25.4. The molecule has 0 aromatic rings. The Morgan fingerprint density at radius 1 is 1.71 bits per heavy atom. The molecule has 14 heavy (non-hydrogen) atoms. The first-order chi connectivity index (χ1) is 6.67. The summed E-state index contributed by atoms with van der Waals surface area (Å²) in [5.41, 5.74) is 0. The number of alkyl halides is 1. The van der Waals surface area contributed by atoms with E-state index in [1.807, 2.05) is 0 Å². The van der Waals surface area contributed by atoms with Crippen molar-refractivity contribution >= 4 is 23.7 Å². The summed E-state index contributed by atoms with van der Waals surface area (Å²) in [7, 11) is 0. The Kier molecular flexibility index (Phi) is 4.00. The maximum Gasteiger partial charge on any atom is 0.407 e. The molecule has 0 saturated carbocycles. The van der Waals surface area contributed by atoms with Gasteiger partial charge < -0.3 is 14.8 Å². The maximum atomic E-state index is 11.1. The van der Waals surface area contributed by atoms with Gasteiger partial charge >= 0.3 is 12.1 Å². The molecule has 1 heterocycles. The fourth-order valence-electron chi connectivity index (χ4n) is 1.22. The molecule has 0 aromatic carbocycles. The summed E-state index contributed by atoms with van der Waals surface area (Å²) in [4.78, 5) is 21.9. The van der Waals surface area contributed by atoms with Crippen molar-refractivity contribution < 1.29 is 19.1 Å². The first-order valence-corrected chi connectivity index (χ1v) is 4.89. The molecule has 2 atom stereocenters. The van der Waals surface area contributed by atoms with E-state index in [2.05, 4.69) is 5.32 Å². The highest BCUT2D eigenvalue weighted by molar-refractivity contribution is 6.18. The third-order valence-electron chi connectivity index (χ3n) is 1.85. The van der Waals surface area contributed by atoms with Gasteiger partial charge in [-0.25, -0.2) is 4.79 Å². The highest BCUT2D eigenvalue weighted by Gasteiger charge is 2.35. The minimum atomic E-state index is -0.537. The lowest BCUT2D eigenvalue weighted by atomic mass is 10.1. The van der Waals surface area contributed by atoms with Crippen molar-refractivity contribution in [1.29, 1.82) is 0 Å². The first kappa shape index (κ1) is 11.1. The van der Waals surface area contributed by atoms with Gasteiger partial charge in [-0.1, -0.05) is 0 Å². The van der Waals surface area contributed by atoms with Crippen LogP contribution >= 0.6 is 11.6 Å². The van der Waals surface area contributed by atoms with Gasteiger partial charge in [0, 0.05) is 0 Å². The first-order valence-electron chi connectivity index (χ1n) is 4.36. The summed E-state index contributed by atoms with van der Waals surface area (Å²) in [5, 5.41) is 2.50. The zero-order chi connectivity index (χ0) is 10.6. The molecule has 0 aromatic heterocycles. The Bertz CT molecular complexity index is 233. The average Bonchev–Trinajstić information content (AvgIpc) is 2.46. The second kappa shape index (κ2) is 5.05. The van der Waals surface area contributed by atoms with Crippen LogP contribution in [0.5, 0.6) is 0 Å². The SMILES string of the molecule is CCOC(=O)C[C@H]1NC(=O)O[C@@H]1CCl. The molecule has 0 aliphatic carbocycles. The quantitative estimate of drug-likeness (QED) is 0.559. The minimum Gasteiger partial charge on any atom is -0.466 e. The monoisotopic (exact) mass is 221 g/mol. The van der Waals surface area contributed by atoms with Gasteiger partial charge in [-0.2, -0.15) is 0 Å². The Balaban J connectivity index is 2.43. The fourth-order valence-corrected chi connectivity index (χ4v) is 1.50. The number of hydrogen-bond donors (Lipinski definition) is 1. The number of ether oxygens (including phenoxy) is 2. The van der Waals surface area contributed by atoms with E-state index in [9.17, 15) is 9.59 Å². The second-order valence-electron chi connectivity index (χ2n) is 2.86. The number of carbonyl (C=O) groups is 2. The van der Waals surface area contributed by atoms with Crippen molar-refractivity contribution in [2.45, 2.75) is 25.5 Å². The standard InChI is InChI=1S/C8H12ClNO4/c1-2-13-7(11)3-5-6(4-9)14-8(12)10-5/h5-6H,2-4H2,1H3,(H,10,12)/t5-,6-/m1/s1. The van der Waals surface area contributed by atoms with Crippen molar-refractivity contribution in [2.24, 2.45) is 0 Å². The van der Waals surface area contributed by atoms with Gasteiger partial charge in [0.1, 0.15) is 6.10 Å². The number of cyclic esters (lactones) is 1. The maximum absolute atomic E-state index is 11.1. The Morgan fingerprint density at radius 2 is 2.43 bits per heavy atom. The van der Waals surface area contributed by atoms with E-state index < -0.39 is 12.2 Å². The summed E-state index contributed by atoms with van der Waals surface area (Å²) >= 11 is 5.56. The van der Waals surface area contributed by atoms with Crippen LogP contribution in [0.1, 0.15) is 13.3 Å². The van der Waals surface area contributed by atoms with Crippen LogP contribution in [0, 0.1) is 0 Å². The number of rotatable bonds is 4.